The largest absolute Gasteiger partial charge is 0.332 e. The molecule has 4 heteroatoms. The molecule has 100 valence electrons. The maximum atomic E-state index is 12.5. The van der Waals surface area contributed by atoms with Crippen LogP contribution in [-0.4, -0.2) is 27.9 Å². The van der Waals surface area contributed by atoms with Crippen molar-refractivity contribution in [2.75, 3.05) is 0 Å². The predicted octanol–water partition coefficient (Wildman–Crippen LogP) is 3.77. The lowest BCUT2D eigenvalue weighted by atomic mass is 10.1. The minimum atomic E-state index is -0.0182. The topological polar surface area (TPSA) is 33.2 Å². The second-order valence-electron chi connectivity index (χ2n) is 4.59. The third-order valence-corrected chi connectivity index (χ3v) is 3.54. The van der Waals surface area contributed by atoms with Crippen LogP contribution < -0.4 is 0 Å². The molecule has 0 aliphatic heterocycles. The molecule has 0 aliphatic carbocycles. The van der Waals surface area contributed by atoms with E-state index in [1.54, 1.807) is 12.1 Å². The van der Waals surface area contributed by atoms with Gasteiger partial charge in [-0.05, 0) is 38.8 Å². The second-order valence-corrected chi connectivity index (χ2v) is 5.03. The molecule has 1 aromatic heterocycles. The molecule has 0 fully saturated rings. The molecular formula is C14H21ClN2O. The monoisotopic (exact) mass is 268 g/mol. The Morgan fingerprint density at radius 2 is 1.83 bits per heavy atom. The van der Waals surface area contributed by atoms with Crippen LogP contribution in [0.3, 0.4) is 0 Å². The molecule has 1 aromatic rings. The van der Waals surface area contributed by atoms with E-state index in [0.29, 0.717) is 10.7 Å². The highest BCUT2D eigenvalue weighted by Gasteiger charge is 2.25. The Labute approximate surface area is 114 Å². The Kier molecular flexibility index (Phi) is 5.60. The molecule has 1 rings (SSSR count). The highest BCUT2D eigenvalue weighted by molar-refractivity contribution is 6.30. The SMILES string of the molecule is CC[C@H](C)N(C(=O)c1ccc(Cl)cn1)[C@@H](C)CC. The van der Waals surface area contributed by atoms with Crippen LogP contribution in [0.5, 0.6) is 0 Å². The molecule has 0 saturated carbocycles. The number of rotatable bonds is 5. The van der Waals surface area contributed by atoms with Crippen LogP contribution in [0, 0.1) is 0 Å². The van der Waals surface area contributed by atoms with Crippen molar-refractivity contribution in [2.24, 2.45) is 0 Å². The first kappa shape index (κ1) is 15.0. The third kappa shape index (κ3) is 3.45. The Bertz CT molecular complexity index is 381. The normalized spacial score (nSPS) is 14.1. The van der Waals surface area contributed by atoms with E-state index in [1.165, 1.54) is 6.20 Å². The van der Waals surface area contributed by atoms with Gasteiger partial charge in [0.25, 0.3) is 5.91 Å². The summed E-state index contributed by atoms with van der Waals surface area (Å²) in [6, 6.07) is 3.81. The first-order valence-electron chi connectivity index (χ1n) is 6.45. The number of carbonyl (C=O) groups excluding carboxylic acids is 1. The molecule has 2 atom stereocenters. The number of carbonyl (C=O) groups is 1. The van der Waals surface area contributed by atoms with Crippen LogP contribution in [0.15, 0.2) is 18.3 Å². The van der Waals surface area contributed by atoms with Crippen LogP contribution in [0.25, 0.3) is 0 Å². The number of nitrogens with zero attached hydrogens (tertiary/aromatic N) is 2. The van der Waals surface area contributed by atoms with Gasteiger partial charge >= 0.3 is 0 Å². The molecule has 1 amide bonds. The van der Waals surface area contributed by atoms with Crippen molar-refractivity contribution in [1.82, 2.24) is 9.88 Å². The summed E-state index contributed by atoms with van der Waals surface area (Å²) in [6.07, 6.45) is 3.38. The minimum Gasteiger partial charge on any atom is -0.332 e. The fourth-order valence-corrected chi connectivity index (χ4v) is 1.97. The van der Waals surface area contributed by atoms with E-state index < -0.39 is 0 Å². The molecule has 0 aliphatic rings. The van der Waals surface area contributed by atoms with Crippen molar-refractivity contribution in [1.29, 1.82) is 0 Å². The number of pyridine rings is 1. The summed E-state index contributed by atoms with van der Waals surface area (Å²) in [7, 11) is 0. The van der Waals surface area contributed by atoms with Crippen molar-refractivity contribution in [3.05, 3.63) is 29.0 Å². The molecule has 18 heavy (non-hydrogen) atoms. The van der Waals surface area contributed by atoms with Crippen molar-refractivity contribution in [3.63, 3.8) is 0 Å². The highest BCUT2D eigenvalue weighted by Crippen LogP contribution is 2.16. The molecule has 3 nitrogen and oxygen atoms in total. The molecule has 0 N–H and O–H groups in total. The van der Waals surface area contributed by atoms with Crippen molar-refractivity contribution < 1.29 is 4.79 Å². The van der Waals surface area contributed by atoms with Crippen LogP contribution in [-0.2, 0) is 0 Å². The number of hydrogen-bond acceptors (Lipinski definition) is 2. The average Bonchev–Trinajstić information content (AvgIpc) is 2.39. The fraction of sp³-hybridized carbons (Fsp3) is 0.571. The van der Waals surface area contributed by atoms with E-state index >= 15 is 0 Å². The smallest absolute Gasteiger partial charge is 0.272 e. The van der Waals surface area contributed by atoms with Gasteiger partial charge in [-0.15, -0.1) is 0 Å². The molecule has 0 bridgehead atoms. The first-order valence-corrected chi connectivity index (χ1v) is 6.83. The van der Waals surface area contributed by atoms with Gasteiger partial charge in [-0.2, -0.15) is 0 Å². The zero-order chi connectivity index (χ0) is 13.7. The summed E-state index contributed by atoms with van der Waals surface area (Å²) in [4.78, 5) is 18.5. The zero-order valence-electron chi connectivity index (χ0n) is 11.5. The average molecular weight is 269 g/mol. The first-order chi connectivity index (χ1) is 8.51. The summed E-state index contributed by atoms with van der Waals surface area (Å²) < 4.78 is 0. The molecule has 0 spiro atoms. The van der Waals surface area contributed by atoms with Crippen molar-refractivity contribution >= 4 is 17.5 Å². The molecule has 0 aromatic carbocycles. The van der Waals surface area contributed by atoms with E-state index in [1.807, 2.05) is 4.90 Å². The standard InChI is InChI=1S/C14H21ClN2O/c1-5-10(3)17(11(4)6-2)14(18)13-8-7-12(15)9-16-13/h7-11H,5-6H2,1-4H3/t10-,11-/m0/s1. The van der Waals surface area contributed by atoms with Gasteiger partial charge in [-0.1, -0.05) is 25.4 Å². The van der Waals surface area contributed by atoms with Crippen molar-refractivity contribution in [2.45, 2.75) is 52.6 Å². The van der Waals surface area contributed by atoms with Crippen LogP contribution in [0.2, 0.25) is 5.02 Å². The Morgan fingerprint density at radius 3 is 2.22 bits per heavy atom. The minimum absolute atomic E-state index is 0.0182. The van der Waals surface area contributed by atoms with E-state index in [4.69, 9.17) is 11.6 Å². The molecule has 0 saturated heterocycles. The molecule has 0 unspecified atom stereocenters. The lowest BCUT2D eigenvalue weighted by Gasteiger charge is -2.33. The third-order valence-electron chi connectivity index (χ3n) is 3.31. The van der Waals surface area contributed by atoms with Crippen LogP contribution in [0.4, 0.5) is 0 Å². The predicted molar refractivity (Wildman–Crippen MR) is 74.9 cm³/mol. The number of hydrogen-bond donors (Lipinski definition) is 0. The Balaban J connectivity index is 2.98. The van der Waals surface area contributed by atoms with Gasteiger partial charge < -0.3 is 4.90 Å². The summed E-state index contributed by atoms with van der Waals surface area (Å²) in [5, 5.41) is 0.546. The van der Waals surface area contributed by atoms with E-state index in [9.17, 15) is 4.79 Å². The molecule has 0 radical (unpaired) electrons. The number of amides is 1. The van der Waals surface area contributed by atoms with Gasteiger partial charge in [0.2, 0.25) is 0 Å². The van der Waals surface area contributed by atoms with E-state index in [-0.39, 0.29) is 18.0 Å². The lowest BCUT2D eigenvalue weighted by molar-refractivity contribution is 0.0592. The van der Waals surface area contributed by atoms with Gasteiger partial charge in [0.05, 0.1) is 5.02 Å². The summed E-state index contributed by atoms with van der Waals surface area (Å²) in [5.41, 5.74) is 0.458. The number of aromatic nitrogens is 1. The van der Waals surface area contributed by atoms with Crippen LogP contribution >= 0.6 is 11.6 Å². The lowest BCUT2D eigenvalue weighted by Crippen LogP contribution is -2.44. The van der Waals surface area contributed by atoms with Gasteiger partial charge in [0.15, 0.2) is 0 Å². The maximum absolute atomic E-state index is 12.5. The zero-order valence-corrected chi connectivity index (χ0v) is 12.2. The second kappa shape index (κ2) is 6.74. The van der Waals surface area contributed by atoms with Gasteiger partial charge in [0, 0.05) is 18.3 Å². The number of halogens is 1. The van der Waals surface area contributed by atoms with Gasteiger partial charge in [-0.3, -0.25) is 4.79 Å². The molecule has 1 heterocycles. The quantitative estimate of drug-likeness (QED) is 0.814. The summed E-state index contributed by atoms with van der Waals surface area (Å²) in [6.45, 7) is 8.31. The van der Waals surface area contributed by atoms with E-state index in [0.717, 1.165) is 12.8 Å². The maximum Gasteiger partial charge on any atom is 0.272 e. The summed E-state index contributed by atoms with van der Waals surface area (Å²) >= 11 is 5.79. The summed E-state index contributed by atoms with van der Waals surface area (Å²) in [5.74, 6) is -0.0182. The van der Waals surface area contributed by atoms with E-state index in [2.05, 4.69) is 32.7 Å². The van der Waals surface area contributed by atoms with Crippen LogP contribution in [0.1, 0.15) is 51.0 Å². The van der Waals surface area contributed by atoms with Gasteiger partial charge in [0.1, 0.15) is 5.69 Å². The van der Waals surface area contributed by atoms with Crippen molar-refractivity contribution in [3.8, 4) is 0 Å². The Morgan fingerprint density at radius 1 is 1.28 bits per heavy atom. The molecular weight excluding hydrogens is 248 g/mol. The fourth-order valence-electron chi connectivity index (χ4n) is 1.86. The Hall–Kier alpha value is -1.09. The highest BCUT2D eigenvalue weighted by atomic mass is 35.5. The van der Waals surface area contributed by atoms with Gasteiger partial charge in [-0.25, -0.2) is 4.98 Å².